The van der Waals surface area contributed by atoms with E-state index < -0.39 is 0 Å². The molecular formula is C26H30N4O4. The molecule has 0 radical (unpaired) electrons. The van der Waals surface area contributed by atoms with Crippen molar-refractivity contribution >= 4 is 29.3 Å². The van der Waals surface area contributed by atoms with E-state index in [1.807, 2.05) is 11.9 Å². The van der Waals surface area contributed by atoms with Gasteiger partial charge in [0.25, 0.3) is 17.7 Å². The standard InChI is InChI=1S/C26H30N4O4/c1-28-15-17-29(18-16-28)24(32)19-10-12-20(13-11-19)27-23(31)9-3-2-6-14-30-25(33)21-7-4-5-8-22(21)26(30)34/h4-5,7-8,10-13H,2-3,6,9,14-18H2,1H3,(H,27,31). The highest BCUT2D eigenvalue weighted by Gasteiger charge is 2.34. The molecule has 2 aromatic carbocycles. The Kier molecular flexibility index (Phi) is 7.37. The molecule has 0 unspecified atom stereocenters. The molecule has 0 aromatic heterocycles. The van der Waals surface area contributed by atoms with E-state index in [2.05, 4.69) is 10.2 Å². The number of imide groups is 1. The highest BCUT2D eigenvalue weighted by molar-refractivity contribution is 6.21. The molecule has 0 saturated carbocycles. The molecule has 4 rings (SSSR count). The number of carbonyl (C=O) groups excluding carboxylic acids is 4. The number of anilines is 1. The number of piperazine rings is 1. The van der Waals surface area contributed by atoms with Crippen LogP contribution in [-0.4, -0.2) is 78.1 Å². The molecule has 0 bridgehead atoms. The third kappa shape index (κ3) is 5.34. The summed E-state index contributed by atoms with van der Waals surface area (Å²) in [4.78, 5) is 55.0. The first-order valence-electron chi connectivity index (χ1n) is 11.8. The van der Waals surface area contributed by atoms with Crippen LogP contribution in [0, 0.1) is 0 Å². The van der Waals surface area contributed by atoms with Crippen molar-refractivity contribution in [3.63, 3.8) is 0 Å². The predicted molar refractivity (Wildman–Crippen MR) is 129 cm³/mol. The number of amides is 4. The maximum Gasteiger partial charge on any atom is 0.261 e. The number of hydrogen-bond donors (Lipinski definition) is 1. The van der Waals surface area contributed by atoms with Crippen LogP contribution in [0.25, 0.3) is 0 Å². The van der Waals surface area contributed by atoms with Gasteiger partial charge in [0.15, 0.2) is 0 Å². The number of unbranched alkanes of at least 4 members (excludes halogenated alkanes) is 2. The summed E-state index contributed by atoms with van der Waals surface area (Å²) < 4.78 is 0. The zero-order valence-corrected chi connectivity index (χ0v) is 19.5. The van der Waals surface area contributed by atoms with E-state index in [1.165, 1.54) is 4.90 Å². The molecule has 178 valence electrons. The van der Waals surface area contributed by atoms with Gasteiger partial charge in [0.2, 0.25) is 5.91 Å². The molecule has 0 atom stereocenters. The molecule has 1 saturated heterocycles. The average Bonchev–Trinajstić information content (AvgIpc) is 3.09. The van der Waals surface area contributed by atoms with Crippen LogP contribution in [0.1, 0.15) is 56.8 Å². The minimum absolute atomic E-state index is 0.0176. The Morgan fingerprint density at radius 1 is 0.824 bits per heavy atom. The van der Waals surface area contributed by atoms with Crippen molar-refractivity contribution in [2.45, 2.75) is 25.7 Å². The van der Waals surface area contributed by atoms with E-state index in [-0.39, 0.29) is 23.6 Å². The monoisotopic (exact) mass is 462 g/mol. The van der Waals surface area contributed by atoms with E-state index in [0.29, 0.717) is 48.2 Å². The quantitative estimate of drug-likeness (QED) is 0.481. The van der Waals surface area contributed by atoms with Crippen molar-refractivity contribution < 1.29 is 19.2 Å². The van der Waals surface area contributed by atoms with Crippen LogP contribution in [0.15, 0.2) is 48.5 Å². The van der Waals surface area contributed by atoms with E-state index in [4.69, 9.17) is 0 Å². The normalized spacial score (nSPS) is 16.0. The molecule has 2 aliphatic rings. The number of nitrogens with one attached hydrogen (secondary N) is 1. The summed E-state index contributed by atoms with van der Waals surface area (Å²) in [5.74, 6) is -0.566. The molecule has 8 heteroatoms. The first-order valence-corrected chi connectivity index (χ1v) is 11.8. The third-order valence-corrected chi connectivity index (χ3v) is 6.37. The van der Waals surface area contributed by atoms with E-state index >= 15 is 0 Å². The molecule has 1 fully saturated rings. The third-order valence-electron chi connectivity index (χ3n) is 6.37. The smallest absolute Gasteiger partial charge is 0.261 e. The minimum Gasteiger partial charge on any atom is -0.336 e. The molecule has 2 aromatic rings. The van der Waals surface area contributed by atoms with Gasteiger partial charge in [-0.15, -0.1) is 0 Å². The second kappa shape index (κ2) is 10.6. The zero-order valence-electron chi connectivity index (χ0n) is 19.5. The lowest BCUT2D eigenvalue weighted by Gasteiger charge is -2.32. The fraction of sp³-hybridized carbons (Fsp3) is 0.385. The van der Waals surface area contributed by atoms with Crippen molar-refractivity contribution in [1.82, 2.24) is 14.7 Å². The summed E-state index contributed by atoms with van der Waals surface area (Å²) in [6.07, 6.45) is 2.40. The number of carbonyl (C=O) groups is 4. The minimum atomic E-state index is -0.243. The number of likely N-dealkylation sites (N-methyl/N-ethyl adjacent to an activating group) is 1. The maximum absolute atomic E-state index is 12.6. The Balaban J connectivity index is 1.16. The maximum atomic E-state index is 12.6. The first-order chi connectivity index (χ1) is 16.4. The average molecular weight is 463 g/mol. The van der Waals surface area contributed by atoms with Crippen LogP contribution in [0.4, 0.5) is 5.69 Å². The van der Waals surface area contributed by atoms with Crippen LogP contribution < -0.4 is 5.32 Å². The first kappa shape index (κ1) is 23.6. The van der Waals surface area contributed by atoms with Crippen molar-refractivity contribution in [2.24, 2.45) is 0 Å². The van der Waals surface area contributed by atoms with Gasteiger partial charge in [0.1, 0.15) is 0 Å². The van der Waals surface area contributed by atoms with Crippen molar-refractivity contribution in [1.29, 1.82) is 0 Å². The Bertz CT molecular complexity index is 1040. The number of rotatable bonds is 8. The lowest BCUT2D eigenvalue weighted by Crippen LogP contribution is -2.47. The van der Waals surface area contributed by atoms with Gasteiger partial charge in [0, 0.05) is 50.4 Å². The molecule has 2 aliphatic heterocycles. The number of benzene rings is 2. The van der Waals surface area contributed by atoms with Crippen molar-refractivity contribution in [2.75, 3.05) is 45.1 Å². The molecule has 8 nitrogen and oxygen atoms in total. The van der Waals surface area contributed by atoms with Gasteiger partial charge < -0.3 is 15.1 Å². The number of nitrogens with zero attached hydrogens (tertiary/aromatic N) is 3. The SMILES string of the molecule is CN1CCN(C(=O)c2ccc(NC(=O)CCCCCN3C(=O)c4ccccc4C3=O)cc2)CC1. The molecule has 2 heterocycles. The summed E-state index contributed by atoms with van der Waals surface area (Å²) in [6.45, 7) is 3.55. The van der Waals surface area contributed by atoms with E-state index in [0.717, 1.165) is 32.6 Å². The van der Waals surface area contributed by atoms with Crippen LogP contribution in [-0.2, 0) is 4.79 Å². The highest BCUT2D eigenvalue weighted by Crippen LogP contribution is 2.23. The molecular weight excluding hydrogens is 432 g/mol. The van der Waals surface area contributed by atoms with Crippen molar-refractivity contribution in [3.8, 4) is 0 Å². The Morgan fingerprint density at radius 2 is 1.44 bits per heavy atom. The predicted octanol–water partition coefficient (Wildman–Crippen LogP) is 2.87. The van der Waals surface area contributed by atoms with Crippen LogP contribution in [0.5, 0.6) is 0 Å². The van der Waals surface area contributed by atoms with E-state index in [9.17, 15) is 19.2 Å². The van der Waals surface area contributed by atoms with Crippen LogP contribution in [0.2, 0.25) is 0 Å². The van der Waals surface area contributed by atoms with Gasteiger partial charge in [-0.25, -0.2) is 0 Å². The van der Waals surface area contributed by atoms with Crippen molar-refractivity contribution in [3.05, 3.63) is 65.2 Å². The topological polar surface area (TPSA) is 90.0 Å². The van der Waals surface area contributed by atoms with Gasteiger partial charge in [-0.1, -0.05) is 18.6 Å². The highest BCUT2D eigenvalue weighted by atomic mass is 16.2. The summed E-state index contributed by atoms with van der Waals surface area (Å²) in [5, 5.41) is 2.86. The van der Waals surface area contributed by atoms with Gasteiger partial charge in [-0.05, 0) is 56.3 Å². The van der Waals surface area contributed by atoms with E-state index in [1.54, 1.807) is 48.5 Å². The second-order valence-corrected chi connectivity index (χ2v) is 8.84. The van der Waals surface area contributed by atoms with Crippen LogP contribution >= 0.6 is 0 Å². The summed E-state index contributed by atoms with van der Waals surface area (Å²) in [5.41, 5.74) is 2.20. The summed E-state index contributed by atoms with van der Waals surface area (Å²) in [7, 11) is 2.05. The van der Waals surface area contributed by atoms with Gasteiger partial charge >= 0.3 is 0 Å². The molecule has 1 N–H and O–H groups in total. The number of fused-ring (bicyclic) bond motifs is 1. The Hall–Kier alpha value is -3.52. The van der Waals surface area contributed by atoms with Gasteiger partial charge in [-0.3, -0.25) is 24.1 Å². The zero-order chi connectivity index (χ0) is 24.1. The molecule has 4 amide bonds. The molecule has 0 aliphatic carbocycles. The Labute approximate surface area is 199 Å². The lowest BCUT2D eigenvalue weighted by atomic mass is 10.1. The Morgan fingerprint density at radius 3 is 2.06 bits per heavy atom. The van der Waals surface area contributed by atoms with Gasteiger partial charge in [0.05, 0.1) is 11.1 Å². The molecule has 0 spiro atoms. The fourth-order valence-electron chi connectivity index (χ4n) is 4.29. The summed E-state index contributed by atoms with van der Waals surface area (Å²) in [6, 6.07) is 13.9. The lowest BCUT2D eigenvalue weighted by molar-refractivity contribution is -0.116. The second-order valence-electron chi connectivity index (χ2n) is 8.84. The molecule has 34 heavy (non-hydrogen) atoms. The fourth-order valence-corrected chi connectivity index (χ4v) is 4.29. The largest absolute Gasteiger partial charge is 0.336 e. The number of hydrogen-bond acceptors (Lipinski definition) is 5. The summed E-state index contributed by atoms with van der Waals surface area (Å²) >= 11 is 0. The van der Waals surface area contributed by atoms with Crippen LogP contribution in [0.3, 0.4) is 0 Å². The van der Waals surface area contributed by atoms with Gasteiger partial charge in [-0.2, -0.15) is 0 Å².